The molecule has 0 aliphatic heterocycles. The van der Waals surface area contributed by atoms with Gasteiger partial charge in [-0.3, -0.25) is 19.7 Å². The number of ether oxygens (including phenoxy) is 1. The first-order valence-corrected chi connectivity index (χ1v) is 14.6. The van der Waals surface area contributed by atoms with Crippen LogP contribution in [0, 0.1) is 28.6 Å². The van der Waals surface area contributed by atoms with Crippen molar-refractivity contribution in [3.05, 3.63) is 23.8 Å². The number of allylic oxidation sites excluding steroid dienone is 4. The topological polar surface area (TPSA) is 113 Å². The van der Waals surface area contributed by atoms with Gasteiger partial charge in [-0.1, -0.05) is 25.5 Å². The molecular weight excluding hydrogens is 497 g/mol. The van der Waals surface area contributed by atoms with E-state index in [-0.39, 0.29) is 24.7 Å². The van der Waals surface area contributed by atoms with Gasteiger partial charge in [0.2, 0.25) is 0 Å². The van der Waals surface area contributed by atoms with Crippen molar-refractivity contribution in [3.63, 3.8) is 0 Å². The predicted molar refractivity (Wildman–Crippen MR) is 140 cm³/mol. The van der Waals surface area contributed by atoms with Gasteiger partial charge in [0.1, 0.15) is 11.6 Å². The van der Waals surface area contributed by atoms with Gasteiger partial charge in [-0.15, -0.1) is 0 Å². The number of rotatable bonds is 8. The molecule has 7 nitrogen and oxygen atoms in total. The number of halogens is 1. The van der Waals surface area contributed by atoms with Gasteiger partial charge in [0, 0.05) is 16.7 Å². The number of ketones is 2. The summed E-state index contributed by atoms with van der Waals surface area (Å²) in [7, 11) is 1.30. The van der Waals surface area contributed by atoms with Crippen LogP contribution in [0.5, 0.6) is 0 Å². The number of fused-ring (bicyclic) bond motifs is 5. The van der Waals surface area contributed by atoms with Crippen molar-refractivity contribution in [2.45, 2.75) is 76.3 Å². The molecular formula is C28H40FNO6S. The van der Waals surface area contributed by atoms with Crippen molar-refractivity contribution < 1.29 is 33.7 Å². The molecule has 0 radical (unpaired) electrons. The second kappa shape index (κ2) is 9.88. The van der Waals surface area contributed by atoms with Crippen LogP contribution in [0.15, 0.2) is 23.8 Å². The average molecular weight is 538 g/mol. The molecule has 0 aromatic carbocycles. The number of aliphatic hydroxyl groups is 2. The number of esters is 1. The summed E-state index contributed by atoms with van der Waals surface area (Å²) >= 11 is 1.58. The molecule has 0 amide bonds. The lowest BCUT2D eigenvalue weighted by atomic mass is 9.44. The van der Waals surface area contributed by atoms with Crippen molar-refractivity contribution in [2.75, 3.05) is 25.7 Å². The lowest BCUT2D eigenvalue weighted by Gasteiger charge is -2.62. The Bertz CT molecular complexity index is 1030. The van der Waals surface area contributed by atoms with Crippen molar-refractivity contribution in [1.82, 2.24) is 5.32 Å². The molecule has 0 aromatic heterocycles. The highest BCUT2D eigenvalue weighted by Gasteiger charge is 2.75. The zero-order valence-corrected chi connectivity index (χ0v) is 23.2. The Morgan fingerprint density at radius 2 is 2.03 bits per heavy atom. The van der Waals surface area contributed by atoms with Gasteiger partial charge in [-0.2, -0.15) is 11.8 Å². The summed E-state index contributed by atoms with van der Waals surface area (Å²) in [6, 6.07) is -0.676. The van der Waals surface area contributed by atoms with Crippen LogP contribution in [0.3, 0.4) is 0 Å². The van der Waals surface area contributed by atoms with Gasteiger partial charge in [-0.05, 0) is 75.0 Å². The first kappa shape index (κ1) is 28.5. The molecule has 4 rings (SSSR count). The number of thioether (sulfide) groups is 1. The number of aliphatic hydroxyl groups excluding tert-OH is 1. The van der Waals surface area contributed by atoms with Crippen LogP contribution in [0.1, 0.15) is 52.9 Å². The van der Waals surface area contributed by atoms with Gasteiger partial charge in [0.25, 0.3) is 0 Å². The van der Waals surface area contributed by atoms with Crippen molar-refractivity contribution in [1.29, 1.82) is 0 Å². The number of alkyl halides is 1. The molecule has 206 valence electrons. The smallest absolute Gasteiger partial charge is 0.322 e. The van der Waals surface area contributed by atoms with E-state index in [2.05, 4.69) is 5.32 Å². The molecule has 3 saturated carbocycles. The maximum Gasteiger partial charge on any atom is 0.322 e. The molecule has 0 saturated heterocycles. The maximum absolute atomic E-state index is 17.3. The zero-order valence-electron chi connectivity index (χ0n) is 22.4. The fourth-order valence-corrected chi connectivity index (χ4v) is 8.64. The molecule has 9 atom stereocenters. The number of hydrogen-bond donors (Lipinski definition) is 3. The molecule has 0 aromatic rings. The third-order valence-electron chi connectivity index (χ3n) is 10.3. The Morgan fingerprint density at radius 1 is 1.32 bits per heavy atom. The monoisotopic (exact) mass is 537 g/mol. The Labute approximate surface area is 222 Å². The first-order chi connectivity index (χ1) is 17.3. The van der Waals surface area contributed by atoms with Gasteiger partial charge in [0.15, 0.2) is 17.2 Å². The van der Waals surface area contributed by atoms with E-state index < -0.39 is 57.8 Å². The minimum absolute atomic E-state index is 0.0746. The molecule has 3 N–H and O–H groups in total. The Balaban J connectivity index is 1.63. The molecule has 0 heterocycles. The molecule has 37 heavy (non-hydrogen) atoms. The number of carbonyl (C=O) groups excluding carboxylic acids is 3. The Hall–Kier alpha value is -1.55. The molecule has 4 aliphatic carbocycles. The fourth-order valence-electron chi connectivity index (χ4n) is 8.17. The largest absolute Gasteiger partial charge is 0.468 e. The van der Waals surface area contributed by atoms with Crippen LogP contribution >= 0.6 is 11.8 Å². The van der Waals surface area contributed by atoms with Crippen LogP contribution in [0.25, 0.3) is 0 Å². The number of nitrogens with one attached hydrogen (secondary N) is 1. The zero-order chi connectivity index (χ0) is 27.4. The van der Waals surface area contributed by atoms with E-state index in [0.717, 1.165) is 0 Å². The van der Waals surface area contributed by atoms with E-state index in [9.17, 15) is 24.6 Å². The molecule has 9 heteroatoms. The number of Topliss-reactive ketones (excluding diaryl/α,β-unsaturated/α-hetero) is 1. The highest BCUT2D eigenvalue weighted by Crippen LogP contribution is 2.70. The fraction of sp³-hybridized carbons (Fsp3) is 0.750. The normalized spacial score (nSPS) is 43.4. The van der Waals surface area contributed by atoms with Gasteiger partial charge in [0.05, 0.1) is 19.8 Å². The summed E-state index contributed by atoms with van der Waals surface area (Å²) in [5.74, 6) is -1.76. The maximum atomic E-state index is 17.3. The van der Waals surface area contributed by atoms with Crippen molar-refractivity contribution >= 4 is 29.3 Å². The van der Waals surface area contributed by atoms with Crippen LogP contribution in [0.4, 0.5) is 4.39 Å². The lowest BCUT2D eigenvalue weighted by Crippen LogP contribution is -2.69. The Morgan fingerprint density at radius 3 is 2.68 bits per heavy atom. The second-order valence-electron chi connectivity index (χ2n) is 11.8. The van der Waals surface area contributed by atoms with E-state index >= 15 is 4.39 Å². The molecule has 0 bridgehead atoms. The van der Waals surface area contributed by atoms with Gasteiger partial charge in [-0.25, -0.2) is 4.39 Å². The van der Waals surface area contributed by atoms with Crippen LogP contribution in [-0.4, -0.2) is 76.8 Å². The number of hydrogen-bond acceptors (Lipinski definition) is 8. The summed E-state index contributed by atoms with van der Waals surface area (Å²) in [6.07, 6.45) is 6.79. The minimum atomic E-state index is -2.02. The summed E-state index contributed by atoms with van der Waals surface area (Å²) in [4.78, 5) is 37.9. The Kier molecular flexibility index (Phi) is 7.60. The van der Waals surface area contributed by atoms with Crippen molar-refractivity contribution in [2.24, 2.45) is 28.6 Å². The van der Waals surface area contributed by atoms with Crippen LogP contribution in [-0.2, 0) is 19.1 Å². The summed E-state index contributed by atoms with van der Waals surface area (Å²) in [5, 5.41) is 26.5. The van der Waals surface area contributed by atoms with E-state index in [0.29, 0.717) is 37.0 Å². The third kappa shape index (κ3) is 3.98. The molecule has 4 aliphatic rings. The van der Waals surface area contributed by atoms with E-state index in [1.165, 1.54) is 19.3 Å². The highest BCUT2D eigenvalue weighted by molar-refractivity contribution is 7.98. The highest BCUT2D eigenvalue weighted by atomic mass is 32.2. The minimum Gasteiger partial charge on any atom is -0.468 e. The van der Waals surface area contributed by atoms with Crippen LogP contribution in [0.2, 0.25) is 0 Å². The summed E-state index contributed by atoms with van der Waals surface area (Å²) in [6.45, 7) is 5.14. The first-order valence-electron chi connectivity index (χ1n) is 13.2. The van der Waals surface area contributed by atoms with Gasteiger partial charge < -0.3 is 14.9 Å². The van der Waals surface area contributed by atoms with E-state index in [1.807, 2.05) is 13.2 Å². The molecule has 0 spiro atoms. The lowest BCUT2D eigenvalue weighted by molar-refractivity contribution is -0.218. The van der Waals surface area contributed by atoms with E-state index in [1.54, 1.807) is 31.7 Å². The van der Waals surface area contributed by atoms with Crippen molar-refractivity contribution in [3.8, 4) is 0 Å². The summed E-state index contributed by atoms with van der Waals surface area (Å²) < 4.78 is 22.1. The number of carbonyl (C=O) groups is 3. The average Bonchev–Trinajstić information content (AvgIpc) is 3.06. The second-order valence-corrected chi connectivity index (χ2v) is 12.8. The SMILES string of the molecule is COC(=O)C(CCSC)NCC(=O)[C@@]1(O)[C@H](C)C[C@H]2[C@@H]3CCC4=CC(=O)C=C[C@]4(C)[C@@]3(F)[C@@H](O)C[C@@]21C. The standard InChI is InChI=1S/C28H40FNO6S/c1-16-12-20-19-7-6-17-13-18(31)8-10-25(17,2)27(19,29)22(32)14-26(20,3)28(16,35)23(33)15-30-21(9-11-37-5)24(34)36-4/h8,10,13,16,19-22,30,32,35H,6-7,9,11-12,14-15H2,1-5H3/t16-,19+,20+,21?,22+,25+,26+,27+,28+/m1/s1. The summed E-state index contributed by atoms with van der Waals surface area (Å²) in [5.41, 5.74) is -5.27. The third-order valence-corrected chi connectivity index (χ3v) is 10.9. The van der Waals surface area contributed by atoms with Gasteiger partial charge >= 0.3 is 5.97 Å². The van der Waals surface area contributed by atoms with Crippen LogP contribution < -0.4 is 5.32 Å². The molecule has 1 unspecified atom stereocenters. The quantitative estimate of drug-likeness (QED) is 0.405. The van der Waals surface area contributed by atoms with E-state index in [4.69, 9.17) is 4.74 Å². The predicted octanol–water partition coefficient (Wildman–Crippen LogP) is 2.79. The molecule has 3 fully saturated rings. The number of methoxy groups -OCH3 is 1.